The number of ether oxygens (including phenoxy) is 2. The van der Waals surface area contributed by atoms with Crippen LogP contribution in [0.25, 0.3) is 0 Å². The predicted molar refractivity (Wildman–Crippen MR) is 49.7 cm³/mol. The molecule has 12 heavy (non-hydrogen) atoms. The molecule has 0 amide bonds. The Kier molecular flexibility index (Phi) is 6.34. The van der Waals surface area contributed by atoms with Crippen LogP contribution in [0.15, 0.2) is 0 Å². The fourth-order valence-electron chi connectivity index (χ4n) is 1.45. The molecule has 0 aliphatic rings. The van der Waals surface area contributed by atoms with Gasteiger partial charge in [0.25, 0.3) is 0 Å². The second kappa shape index (κ2) is 6.40. The average Bonchev–Trinajstić information content (AvgIpc) is 2.06. The largest absolute Gasteiger partial charge is 0.353 e. The molecule has 0 aromatic carbocycles. The van der Waals surface area contributed by atoms with E-state index in [1.165, 1.54) is 0 Å². The lowest BCUT2D eigenvalue weighted by atomic mass is 10.1. The summed E-state index contributed by atoms with van der Waals surface area (Å²) in [5.41, 5.74) is 5.35. The van der Waals surface area contributed by atoms with E-state index < -0.39 is 5.79 Å². The van der Waals surface area contributed by atoms with Crippen LogP contribution in [-0.4, -0.2) is 19.6 Å². The predicted octanol–water partition coefficient (Wildman–Crippen LogP) is 1.86. The zero-order valence-electron chi connectivity index (χ0n) is 8.43. The van der Waals surface area contributed by atoms with Crippen molar-refractivity contribution in [2.45, 2.75) is 45.3 Å². The third-order valence-electron chi connectivity index (χ3n) is 1.98. The second-order valence-electron chi connectivity index (χ2n) is 2.93. The summed E-state index contributed by atoms with van der Waals surface area (Å²) in [6.07, 6.45) is 3.92. The molecule has 0 unspecified atom stereocenters. The van der Waals surface area contributed by atoms with Gasteiger partial charge in [0.15, 0.2) is 5.79 Å². The zero-order valence-corrected chi connectivity index (χ0v) is 8.43. The van der Waals surface area contributed by atoms with Gasteiger partial charge in [0.2, 0.25) is 0 Å². The van der Waals surface area contributed by atoms with Crippen LogP contribution in [0.2, 0.25) is 0 Å². The number of hydrogen-bond donors (Lipinski definition) is 1. The van der Waals surface area contributed by atoms with E-state index in [2.05, 4.69) is 13.8 Å². The van der Waals surface area contributed by atoms with Crippen LogP contribution < -0.4 is 5.73 Å². The van der Waals surface area contributed by atoms with Gasteiger partial charge in [-0.3, -0.25) is 0 Å². The molecule has 0 aliphatic carbocycles. The first-order valence-electron chi connectivity index (χ1n) is 4.63. The van der Waals surface area contributed by atoms with Crippen molar-refractivity contribution in [1.29, 1.82) is 0 Å². The highest BCUT2D eigenvalue weighted by molar-refractivity contribution is 4.67. The summed E-state index contributed by atoms with van der Waals surface area (Å²) in [5, 5.41) is 0. The maximum absolute atomic E-state index is 5.42. The monoisotopic (exact) mass is 175 g/mol. The Morgan fingerprint density at radius 1 is 1.17 bits per heavy atom. The van der Waals surface area contributed by atoms with Crippen molar-refractivity contribution in [1.82, 2.24) is 0 Å². The minimum atomic E-state index is -0.432. The summed E-state index contributed by atoms with van der Waals surface area (Å²) in [6.45, 7) is 4.46. The van der Waals surface area contributed by atoms with E-state index in [0.29, 0.717) is 0 Å². The van der Waals surface area contributed by atoms with Crippen molar-refractivity contribution in [3.63, 3.8) is 0 Å². The zero-order chi connectivity index (χ0) is 9.45. The van der Waals surface area contributed by atoms with Gasteiger partial charge in [-0.05, 0) is 0 Å². The quantitative estimate of drug-likeness (QED) is 0.601. The highest BCUT2D eigenvalue weighted by Gasteiger charge is 2.27. The first-order valence-corrected chi connectivity index (χ1v) is 4.63. The van der Waals surface area contributed by atoms with Crippen LogP contribution in [0.5, 0.6) is 0 Å². The molecular weight excluding hydrogens is 154 g/mol. The Morgan fingerprint density at radius 3 is 1.92 bits per heavy atom. The third-order valence-corrected chi connectivity index (χ3v) is 1.98. The normalized spacial score (nSPS) is 12.0. The Bertz CT molecular complexity index is 89.7. The van der Waals surface area contributed by atoms with Crippen LogP contribution >= 0.6 is 0 Å². The van der Waals surface area contributed by atoms with Gasteiger partial charge in [-0.15, -0.1) is 0 Å². The number of methoxy groups -OCH3 is 1. The van der Waals surface area contributed by atoms with Gasteiger partial charge < -0.3 is 15.2 Å². The van der Waals surface area contributed by atoms with E-state index >= 15 is 0 Å². The van der Waals surface area contributed by atoms with Crippen LogP contribution in [0.1, 0.15) is 39.5 Å². The Labute approximate surface area is 75.2 Å². The number of rotatable bonds is 7. The molecule has 74 valence electrons. The van der Waals surface area contributed by atoms with Gasteiger partial charge in [0.1, 0.15) is 0 Å². The van der Waals surface area contributed by atoms with Gasteiger partial charge in [0.05, 0.1) is 6.73 Å². The van der Waals surface area contributed by atoms with Gasteiger partial charge in [0, 0.05) is 20.0 Å². The molecule has 0 radical (unpaired) electrons. The van der Waals surface area contributed by atoms with Crippen molar-refractivity contribution < 1.29 is 9.47 Å². The van der Waals surface area contributed by atoms with Gasteiger partial charge in [-0.25, -0.2) is 0 Å². The molecule has 0 spiro atoms. The topological polar surface area (TPSA) is 44.5 Å². The molecule has 0 aromatic heterocycles. The van der Waals surface area contributed by atoms with Crippen LogP contribution in [0, 0.1) is 0 Å². The maximum Gasteiger partial charge on any atom is 0.169 e. The van der Waals surface area contributed by atoms with E-state index in [0.717, 1.165) is 25.7 Å². The van der Waals surface area contributed by atoms with E-state index in [1.807, 2.05) is 0 Å². The van der Waals surface area contributed by atoms with E-state index in [4.69, 9.17) is 15.2 Å². The average molecular weight is 175 g/mol. The van der Waals surface area contributed by atoms with Gasteiger partial charge in [-0.2, -0.15) is 0 Å². The molecule has 0 saturated carbocycles. The van der Waals surface area contributed by atoms with Gasteiger partial charge in [-0.1, -0.05) is 26.7 Å². The summed E-state index contributed by atoms with van der Waals surface area (Å²) in [5.74, 6) is -0.432. The molecule has 0 fully saturated rings. The summed E-state index contributed by atoms with van der Waals surface area (Å²) >= 11 is 0. The first-order chi connectivity index (χ1) is 5.74. The molecule has 0 rings (SSSR count). The Hall–Kier alpha value is -0.120. The van der Waals surface area contributed by atoms with Crippen molar-refractivity contribution in [3.8, 4) is 0 Å². The number of hydrogen-bond acceptors (Lipinski definition) is 3. The van der Waals surface area contributed by atoms with Crippen molar-refractivity contribution in [3.05, 3.63) is 0 Å². The molecule has 3 nitrogen and oxygen atoms in total. The molecule has 0 bridgehead atoms. The van der Waals surface area contributed by atoms with Crippen LogP contribution in [-0.2, 0) is 9.47 Å². The SMILES string of the molecule is CCCC(CCC)(OC)OCN. The molecule has 0 heterocycles. The maximum atomic E-state index is 5.42. The van der Waals surface area contributed by atoms with Crippen molar-refractivity contribution >= 4 is 0 Å². The highest BCUT2D eigenvalue weighted by atomic mass is 16.7. The molecule has 0 saturated heterocycles. The van der Waals surface area contributed by atoms with Crippen molar-refractivity contribution in [2.24, 2.45) is 5.73 Å². The molecule has 3 heteroatoms. The van der Waals surface area contributed by atoms with Gasteiger partial charge >= 0.3 is 0 Å². The fourth-order valence-corrected chi connectivity index (χ4v) is 1.45. The minimum absolute atomic E-state index is 0.230. The summed E-state index contributed by atoms with van der Waals surface area (Å²) in [6, 6.07) is 0. The van der Waals surface area contributed by atoms with E-state index in [1.54, 1.807) is 7.11 Å². The Balaban J connectivity index is 4.06. The summed E-state index contributed by atoms with van der Waals surface area (Å²) in [4.78, 5) is 0. The molecule has 0 atom stereocenters. The lowest BCUT2D eigenvalue weighted by Gasteiger charge is -2.31. The second-order valence-corrected chi connectivity index (χ2v) is 2.93. The summed E-state index contributed by atoms with van der Waals surface area (Å²) < 4.78 is 10.8. The number of nitrogens with two attached hydrogens (primary N) is 1. The first kappa shape index (κ1) is 11.9. The van der Waals surface area contributed by atoms with Crippen molar-refractivity contribution in [2.75, 3.05) is 13.8 Å². The fraction of sp³-hybridized carbons (Fsp3) is 1.00. The summed E-state index contributed by atoms with van der Waals surface area (Å²) in [7, 11) is 1.68. The molecule has 2 N–H and O–H groups in total. The highest BCUT2D eigenvalue weighted by Crippen LogP contribution is 2.24. The van der Waals surface area contributed by atoms with Crippen LogP contribution in [0.4, 0.5) is 0 Å². The van der Waals surface area contributed by atoms with Crippen LogP contribution in [0.3, 0.4) is 0 Å². The lowest BCUT2D eigenvalue weighted by molar-refractivity contribution is -0.229. The lowest BCUT2D eigenvalue weighted by Crippen LogP contribution is -2.36. The molecule has 0 aliphatic heterocycles. The third kappa shape index (κ3) is 3.52. The van der Waals surface area contributed by atoms with E-state index in [-0.39, 0.29) is 6.73 Å². The minimum Gasteiger partial charge on any atom is -0.353 e. The van der Waals surface area contributed by atoms with E-state index in [9.17, 15) is 0 Å². The smallest absolute Gasteiger partial charge is 0.169 e. The molecular formula is C9H21NO2. The standard InChI is InChI=1S/C9H21NO2/c1-4-6-9(11-3,7-5-2)12-8-10/h4-8,10H2,1-3H3. The Morgan fingerprint density at radius 2 is 1.67 bits per heavy atom. The molecule has 0 aromatic rings.